The lowest BCUT2D eigenvalue weighted by molar-refractivity contribution is -0.135. The van der Waals surface area contributed by atoms with Crippen molar-refractivity contribution in [2.75, 3.05) is 21.3 Å². The summed E-state index contributed by atoms with van der Waals surface area (Å²) < 4.78 is 15.7. The molecular formula is C26H34N2O4S2. The predicted octanol–water partition coefficient (Wildman–Crippen LogP) is 6.51. The maximum Gasteiger partial charge on any atom is 0.333 e. The minimum absolute atomic E-state index is 0.186. The van der Waals surface area contributed by atoms with E-state index in [0.717, 1.165) is 21.4 Å². The van der Waals surface area contributed by atoms with Gasteiger partial charge in [-0.05, 0) is 12.0 Å². The number of aromatic nitrogens is 2. The molecule has 6 nitrogen and oxygen atoms in total. The Balaban J connectivity index is 2.09. The first kappa shape index (κ1) is 27.7. The van der Waals surface area contributed by atoms with Gasteiger partial charge in [0.15, 0.2) is 0 Å². The minimum atomic E-state index is -0.467. The molecule has 0 radical (unpaired) electrons. The fourth-order valence-corrected chi connectivity index (χ4v) is 4.69. The largest absolute Gasteiger partial charge is 0.500 e. The van der Waals surface area contributed by atoms with Crippen LogP contribution in [0.15, 0.2) is 53.0 Å². The van der Waals surface area contributed by atoms with Gasteiger partial charge in [-0.1, -0.05) is 58.1 Å². The van der Waals surface area contributed by atoms with E-state index in [1.165, 1.54) is 20.3 Å². The van der Waals surface area contributed by atoms with Crippen LogP contribution in [-0.2, 0) is 19.0 Å². The maximum atomic E-state index is 11.6. The maximum absolute atomic E-state index is 11.6. The van der Waals surface area contributed by atoms with E-state index in [0.29, 0.717) is 11.7 Å². The van der Waals surface area contributed by atoms with E-state index in [-0.39, 0.29) is 17.9 Å². The summed E-state index contributed by atoms with van der Waals surface area (Å²) in [6.07, 6.45) is 13.4. The average Bonchev–Trinajstić information content (AvgIpc) is 3.50. The van der Waals surface area contributed by atoms with Gasteiger partial charge in [0, 0.05) is 29.7 Å². The van der Waals surface area contributed by atoms with Crippen molar-refractivity contribution in [2.24, 2.45) is 11.8 Å². The molecule has 0 aromatic carbocycles. The Kier molecular flexibility index (Phi) is 11.4. The lowest BCUT2D eigenvalue weighted by Crippen LogP contribution is -2.21. The number of esters is 1. The molecule has 2 heterocycles. The van der Waals surface area contributed by atoms with Gasteiger partial charge in [0.25, 0.3) is 0 Å². The molecule has 34 heavy (non-hydrogen) atoms. The van der Waals surface area contributed by atoms with Gasteiger partial charge in [-0.15, -0.1) is 22.7 Å². The van der Waals surface area contributed by atoms with Crippen molar-refractivity contribution in [2.45, 2.75) is 39.7 Å². The van der Waals surface area contributed by atoms with E-state index >= 15 is 0 Å². The first-order chi connectivity index (χ1) is 16.3. The summed E-state index contributed by atoms with van der Waals surface area (Å²) in [4.78, 5) is 21.1. The molecule has 0 aliphatic carbocycles. The number of nitrogens with zero attached hydrogens (tertiary/aromatic N) is 2. The summed E-state index contributed by atoms with van der Waals surface area (Å²) >= 11 is 3.21. The van der Waals surface area contributed by atoms with Gasteiger partial charge in [0.2, 0.25) is 0 Å². The molecule has 0 fully saturated rings. The summed E-state index contributed by atoms with van der Waals surface area (Å²) in [5.41, 5.74) is 1.72. The van der Waals surface area contributed by atoms with Crippen LogP contribution in [0.3, 0.4) is 0 Å². The van der Waals surface area contributed by atoms with Crippen molar-refractivity contribution in [3.8, 4) is 10.7 Å². The summed E-state index contributed by atoms with van der Waals surface area (Å²) in [7, 11) is 4.47. The van der Waals surface area contributed by atoms with Gasteiger partial charge in [0.1, 0.15) is 16.5 Å². The topological polar surface area (TPSA) is 70.5 Å². The summed E-state index contributed by atoms with van der Waals surface area (Å²) in [5, 5.41) is 5.99. The van der Waals surface area contributed by atoms with Crippen LogP contribution in [0.4, 0.5) is 0 Å². The second kappa shape index (κ2) is 14.0. The summed E-state index contributed by atoms with van der Waals surface area (Å²) in [6, 6.07) is 0. The molecule has 2 aromatic rings. The molecule has 184 valence electrons. The highest BCUT2D eigenvalue weighted by atomic mass is 32.1. The molecule has 0 aliphatic rings. The van der Waals surface area contributed by atoms with Crippen molar-refractivity contribution >= 4 is 34.7 Å². The van der Waals surface area contributed by atoms with Crippen LogP contribution in [0.2, 0.25) is 0 Å². The Bertz CT molecular complexity index is 1030. The SMILES string of the molecule is COC(=O)/C=C(/OC)[C@H](C)[C@H](/C=C/c1csc(-c2csc([C@@H](C)/C=C/C=C/C(C)C)n2)n1)OC. The zero-order valence-electron chi connectivity index (χ0n) is 20.8. The number of carbonyl (C=O) groups is 1. The molecular weight excluding hydrogens is 468 g/mol. The molecule has 0 N–H and O–H groups in total. The van der Waals surface area contributed by atoms with Gasteiger partial charge in [-0.2, -0.15) is 0 Å². The molecule has 0 saturated heterocycles. The number of rotatable bonds is 12. The lowest BCUT2D eigenvalue weighted by Gasteiger charge is -2.21. The van der Waals surface area contributed by atoms with Gasteiger partial charge in [-0.3, -0.25) is 0 Å². The first-order valence-corrected chi connectivity index (χ1v) is 12.9. The summed E-state index contributed by atoms with van der Waals surface area (Å²) in [6.45, 7) is 8.39. The van der Waals surface area contributed by atoms with Gasteiger partial charge < -0.3 is 14.2 Å². The predicted molar refractivity (Wildman–Crippen MR) is 141 cm³/mol. The van der Waals surface area contributed by atoms with Crippen LogP contribution in [0.1, 0.15) is 44.3 Å². The molecule has 0 spiro atoms. The molecule has 2 rings (SSSR count). The van der Waals surface area contributed by atoms with Gasteiger partial charge in [-0.25, -0.2) is 14.8 Å². The van der Waals surface area contributed by atoms with Crippen LogP contribution < -0.4 is 0 Å². The van der Waals surface area contributed by atoms with Crippen LogP contribution in [0, 0.1) is 11.8 Å². The third-order valence-electron chi connectivity index (χ3n) is 5.03. The normalized spacial score (nSPS) is 15.5. The van der Waals surface area contributed by atoms with E-state index in [9.17, 15) is 4.79 Å². The van der Waals surface area contributed by atoms with Gasteiger partial charge in [0.05, 0.1) is 37.1 Å². The highest BCUT2D eigenvalue weighted by Crippen LogP contribution is 2.30. The van der Waals surface area contributed by atoms with Crippen LogP contribution in [0.5, 0.6) is 0 Å². The number of hydrogen-bond donors (Lipinski definition) is 0. The number of hydrogen-bond acceptors (Lipinski definition) is 8. The van der Waals surface area contributed by atoms with Gasteiger partial charge >= 0.3 is 5.97 Å². The smallest absolute Gasteiger partial charge is 0.333 e. The van der Waals surface area contributed by atoms with Crippen molar-refractivity contribution in [3.05, 3.63) is 63.7 Å². The van der Waals surface area contributed by atoms with Crippen LogP contribution in [0.25, 0.3) is 16.8 Å². The second-order valence-electron chi connectivity index (χ2n) is 8.07. The Morgan fingerprint density at radius 2 is 1.68 bits per heavy atom. The zero-order chi connectivity index (χ0) is 25.1. The Hall–Kier alpha value is -2.55. The molecule has 8 heteroatoms. The highest BCUT2D eigenvalue weighted by molar-refractivity contribution is 7.14. The van der Waals surface area contributed by atoms with E-state index in [1.54, 1.807) is 29.8 Å². The quantitative estimate of drug-likeness (QED) is 0.143. The third-order valence-corrected chi connectivity index (χ3v) is 6.96. The standard InChI is InChI=1S/C26H34N2O4S2/c1-17(2)10-8-9-11-18(3)25-28-21(16-34-25)26-27-20(15-33-26)12-13-22(30-5)19(4)23(31-6)14-24(29)32-7/h8-19,22H,1-7H3/b10-8+,11-9+,13-12+,23-14+/t18-,19+,22-/m0/s1. The van der Waals surface area contributed by atoms with Crippen molar-refractivity contribution < 1.29 is 19.0 Å². The Morgan fingerprint density at radius 1 is 0.941 bits per heavy atom. The van der Waals surface area contributed by atoms with Crippen molar-refractivity contribution in [1.82, 2.24) is 9.97 Å². The Morgan fingerprint density at radius 3 is 2.32 bits per heavy atom. The van der Waals surface area contributed by atoms with E-state index < -0.39 is 5.97 Å². The summed E-state index contributed by atoms with van der Waals surface area (Å²) in [5.74, 6) is 0.618. The highest BCUT2D eigenvalue weighted by Gasteiger charge is 2.21. The first-order valence-electron chi connectivity index (χ1n) is 11.1. The molecule has 3 atom stereocenters. The number of ether oxygens (including phenoxy) is 3. The van der Waals surface area contributed by atoms with Crippen molar-refractivity contribution in [1.29, 1.82) is 0 Å². The van der Waals surface area contributed by atoms with Crippen molar-refractivity contribution in [3.63, 3.8) is 0 Å². The fourth-order valence-electron chi connectivity index (χ4n) is 3.03. The lowest BCUT2D eigenvalue weighted by atomic mass is 10.0. The molecule has 0 saturated carbocycles. The van der Waals surface area contributed by atoms with E-state index in [2.05, 4.69) is 50.5 Å². The van der Waals surface area contributed by atoms with Crippen LogP contribution in [-0.4, -0.2) is 43.4 Å². The molecule has 0 aliphatic heterocycles. The number of methoxy groups -OCH3 is 3. The number of allylic oxidation sites excluding steroid dienone is 4. The monoisotopic (exact) mass is 502 g/mol. The third kappa shape index (κ3) is 8.34. The fraction of sp³-hybridized carbons (Fsp3) is 0.423. The molecule has 0 unspecified atom stereocenters. The molecule has 0 bridgehead atoms. The minimum Gasteiger partial charge on any atom is -0.500 e. The van der Waals surface area contributed by atoms with Crippen LogP contribution >= 0.6 is 22.7 Å². The second-order valence-corrected chi connectivity index (χ2v) is 9.82. The van der Waals surface area contributed by atoms with E-state index in [1.807, 2.05) is 24.5 Å². The number of carbonyl (C=O) groups excluding carboxylic acids is 1. The number of thiazole rings is 2. The Labute approximate surface area is 210 Å². The van der Waals surface area contributed by atoms with E-state index in [4.69, 9.17) is 24.2 Å². The molecule has 2 aromatic heterocycles. The zero-order valence-corrected chi connectivity index (χ0v) is 22.5. The average molecular weight is 503 g/mol. The molecule has 0 amide bonds.